The summed E-state index contributed by atoms with van der Waals surface area (Å²) in [5, 5.41) is 0. The molecule has 1 fully saturated rings. The Morgan fingerprint density at radius 1 is 1.10 bits per heavy atom. The van der Waals surface area contributed by atoms with E-state index in [-0.39, 0.29) is 12.1 Å². The number of likely N-dealkylation sites (tertiary alicyclic amines) is 1. The highest BCUT2D eigenvalue weighted by Gasteiger charge is 2.33. The Labute approximate surface area is 132 Å². The number of ether oxygens (including phenoxy) is 1. The lowest BCUT2D eigenvalue weighted by molar-refractivity contribution is 0.0311. The second-order valence-electron chi connectivity index (χ2n) is 7.15. The zero-order valence-corrected chi connectivity index (χ0v) is 14.8. The molecule has 0 radical (unpaired) electrons. The molecule has 0 spiro atoms. The van der Waals surface area contributed by atoms with Gasteiger partial charge in [0.15, 0.2) is 0 Å². The van der Waals surface area contributed by atoms with Crippen LogP contribution in [-0.2, 0) is 4.74 Å². The lowest BCUT2D eigenvalue weighted by atomic mass is 10.0. The van der Waals surface area contributed by atoms with Crippen molar-refractivity contribution in [2.45, 2.75) is 90.8 Å². The van der Waals surface area contributed by atoms with Gasteiger partial charge in [-0.3, -0.25) is 4.90 Å². The van der Waals surface area contributed by atoms with Gasteiger partial charge in [0, 0.05) is 31.8 Å². The highest BCUT2D eigenvalue weighted by Crippen LogP contribution is 2.21. The van der Waals surface area contributed by atoms with E-state index in [9.17, 15) is 0 Å². The van der Waals surface area contributed by atoms with Crippen LogP contribution in [0.2, 0.25) is 0 Å². The normalized spacial score (nSPS) is 24.9. The quantitative estimate of drug-likeness (QED) is 0.590. The third-order valence-corrected chi connectivity index (χ3v) is 4.61. The van der Waals surface area contributed by atoms with Crippen molar-refractivity contribution in [2.24, 2.45) is 11.7 Å². The first-order valence-corrected chi connectivity index (χ1v) is 9.19. The minimum Gasteiger partial charge on any atom is -0.375 e. The summed E-state index contributed by atoms with van der Waals surface area (Å²) in [4.78, 5) is 2.58. The molecule has 1 aliphatic heterocycles. The Morgan fingerprint density at radius 2 is 1.81 bits per heavy atom. The van der Waals surface area contributed by atoms with E-state index in [0.29, 0.717) is 12.0 Å². The van der Waals surface area contributed by atoms with Crippen molar-refractivity contribution in [3.8, 4) is 0 Å². The van der Waals surface area contributed by atoms with Gasteiger partial charge in [0.05, 0.1) is 6.10 Å². The van der Waals surface area contributed by atoms with E-state index in [4.69, 9.17) is 10.5 Å². The van der Waals surface area contributed by atoms with E-state index in [1.54, 1.807) is 0 Å². The molecule has 0 bridgehead atoms. The molecule has 3 heteroatoms. The molecule has 2 N–H and O–H groups in total. The minimum absolute atomic E-state index is 0.192. The molecule has 1 heterocycles. The highest BCUT2D eigenvalue weighted by molar-refractivity contribution is 4.91. The fourth-order valence-corrected chi connectivity index (χ4v) is 3.25. The van der Waals surface area contributed by atoms with Crippen LogP contribution in [-0.4, -0.2) is 42.8 Å². The van der Waals surface area contributed by atoms with Gasteiger partial charge in [-0.1, -0.05) is 59.8 Å². The molecule has 0 aromatic carbocycles. The molecule has 0 aromatic heterocycles. The third-order valence-electron chi connectivity index (χ3n) is 4.61. The summed E-state index contributed by atoms with van der Waals surface area (Å²) < 4.78 is 5.99. The van der Waals surface area contributed by atoms with Crippen LogP contribution in [0.1, 0.15) is 72.6 Å². The predicted octanol–water partition coefficient (Wildman–Crippen LogP) is 3.81. The molecule has 1 rings (SSSR count). The molecule has 21 heavy (non-hydrogen) atoms. The number of nitrogens with zero attached hydrogens (tertiary/aromatic N) is 1. The molecule has 3 atom stereocenters. The number of hydrogen-bond donors (Lipinski definition) is 1. The fourth-order valence-electron chi connectivity index (χ4n) is 3.25. The molecule has 3 nitrogen and oxygen atoms in total. The first kappa shape index (κ1) is 18.9. The summed E-state index contributed by atoms with van der Waals surface area (Å²) in [5.41, 5.74) is 6.28. The smallest absolute Gasteiger partial charge is 0.0865 e. The van der Waals surface area contributed by atoms with Gasteiger partial charge in [-0.2, -0.15) is 0 Å². The van der Waals surface area contributed by atoms with Gasteiger partial charge in [-0.25, -0.2) is 0 Å². The Morgan fingerprint density at radius 3 is 2.43 bits per heavy atom. The first-order valence-electron chi connectivity index (χ1n) is 9.19. The minimum atomic E-state index is 0.192. The van der Waals surface area contributed by atoms with Crippen LogP contribution in [0.4, 0.5) is 0 Å². The van der Waals surface area contributed by atoms with Crippen LogP contribution in [0, 0.1) is 5.92 Å². The average molecular weight is 299 g/mol. The maximum Gasteiger partial charge on any atom is 0.0865 e. The number of unbranched alkanes of at least 4 members (excludes halogenated alkanes) is 4. The average Bonchev–Trinajstić information content (AvgIpc) is 2.81. The van der Waals surface area contributed by atoms with Crippen molar-refractivity contribution in [3.63, 3.8) is 0 Å². The number of rotatable bonds is 11. The molecular weight excluding hydrogens is 260 g/mol. The Kier molecular flexibility index (Phi) is 9.54. The third kappa shape index (κ3) is 7.12. The Hall–Kier alpha value is -0.120. The van der Waals surface area contributed by atoms with Gasteiger partial charge in [0.25, 0.3) is 0 Å². The van der Waals surface area contributed by atoms with Crippen molar-refractivity contribution < 1.29 is 4.74 Å². The van der Waals surface area contributed by atoms with Gasteiger partial charge < -0.3 is 10.5 Å². The summed E-state index contributed by atoms with van der Waals surface area (Å²) in [7, 11) is 0. The zero-order valence-electron chi connectivity index (χ0n) is 14.8. The summed E-state index contributed by atoms with van der Waals surface area (Å²) in [6, 6.07) is 0.892. The Balaban J connectivity index is 2.29. The molecule has 0 aliphatic carbocycles. The number of nitrogens with two attached hydrogens (primary N) is 1. The first-order chi connectivity index (χ1) is 10.1. The van der Waals surface area contributed by atoms with Gasteiger partial charge in [0.1, 0.15) is 0 Å². The second kappa shape index (κ2) is 10.6. The van der Waals surface area contributed by atoms with Crippen LogP contribution in [0.15, 0.2) is 0 Å². The molecule has 1 aliphatic rings. The van der Waals surface area contributed by atoms with E-state index >= 15 is 0 Å². The zero-order chi connectivity index (χ0) is 15.7. The molecule has 0 aromatic rings. The van der Waals surface area contributed by atoms with Crippen molar-refractivity contribution >= 4 is 0 Å². The molecule has 1 saturated heterocycles. The lowest BCUT2D eigenvalue weighted by Gasteiger charge is -2.27. The van der Waals surface area contributed by atoms with Gasteiger partial charge >= 0.3 is 0 Å². The van der Waals surface area contributed by atoms with E-state index in [2.05, 4.69) is 32.6 Å². The van der Waals surface area contributed by atoms with E-state index in [1.165, 1.54) is 44.9 Å². The van der Waals surface area contributed by atoms with Crippen molar-refractivity contribution in [2.75, 3.05) is 19.7 Å². The summed E-state index contributed by atoms with van der Waals surface area (Å²) in [6.45, 7) is 11.9. The van der Waals surface area contributed by atoms with Gasteiger partial charge in [0.2, 0.25) is 0 Å². The SMILES string of the molecule is CCCCCCCC(CC)N1CC(N)C(OCC(C)C)C1. The van der Waals surface area contributed by atoms with Crippen LogP contribution in [0.25, 0.3) is 0 Å². The van der Waals surface area contributed by atoms with Crippen LogP contribution in [0.3, 0.4) is 0 Å². The second-order valence-corrected chi connectivity index (χ2v) is 7.15. The standard InChI is InChI=1S/C18H38N2O/c1-5-7-8-9-10-11-16(6-2)20-12-17(19)18(13-20)21-14-15(3)4/h15-18H,5-14,19H2,1-4H3. The van der Waals surface area contributed by atoms with Crippen molar-refractivity contribution in [3.05, 3.63) is 0 Å². The predicted molar refractivity (Wildman–Crippen MR) is 91.6 cm³/mol. The summed E-state index contributed by atoms with van der Waals surface area (Å²) in [5.74, 6) is 0.590. The van der Waals surface area contributed by atoms with Gasteiger partial charge in [-0.15, -0.1) is 0 Å². The topological polar surface area (TPSA) is 38.5 Å². The molecule has 0 saturated carbocycles. The fraction of sp³-hybridized carbons (Fsp3) is 1.00. The van der Waals surface area contributed by atoms with E-state index in [1.807, 2.05) is 0 Å². The van der Waals surface area contributed by atoms with Crippen molar-refractivity contribution in [1.29, 1.82) is 0 Å². The number of hydrogen-bond acceptors (Lipinski definition) is 3. The monoisotopic (exact) mass is 298 g/mol. The summed E-state index contributed by atoms with van der Waals surface area (Å²) >= 11 is 0. The highest BCUT2D eigenvalue weighted by atomic mass is 16.5. The lowest BCUT2D eigenvalue weighted by Crippen LogP contribution is -2.36. The molecule has 126 valence electrons. The van der Waals surface area contributed by atoms with Crippen LogP contribution < -0.4 is 5.73 Å². The maximum atomic E-state index is 6.28. The van der Waals surface area contributed by atoms with E-state index < -0.39 is 0 Å². The summed E-state index contributed by atoms with van der Waals surface area (Å²) in [6.07, 6.45) is 9.65. The molecule has 0 amide bonds. The van der Waals surface area contributed by atoms with Crippen LogP contribution >= 0.6 is 0 Å². The van der Waals surface area contributed by atoms with Crippen LogP contribution in [0.5, 0.6) is 0 Å². The van der Waals surface area contributed by atoms with Gasteiger partial charge in [-0.05, 0) is 18.8 Å². The molecular formula is C18H38N2O. The van der Waals surface area contributed by atoms with Crippen molar-refractivity contribution in [1.82, 2.24) is 4.90 Å². The van der Waals surface area contributed by atoms with E-state index in [0.717, 1.165) is 19.7 Å². The maximum absolute atomic E-state index is 6.28. The largest absolute Gasteiger partial charge is 0.375 e. The Bertz CT molecular complexity index is 258. The molecule has 3 unspecified atom stereocenters.